The Labute approximate surface area is 119 Å². The van der Waals surface area contributed by atoms with Crippen molar-refractivity contribution in [2.75, 3.05) is 38.2 Å². The van der Waals surface area contributed by atoms with E-state index in [1.165, 1.54) is 27.1 Å². The maximum absolute atomic E-state index is 12.1. The number of nitrogens with zero attached hydrogens (tertiary/aromatic N) is 1. The molecule has 0 heterocycles. The lowest BCUT2D eigenvalue weighted by atomic mass is 10.2. The first-order valence-corrected chi connectivity index (χ1v) is 7.50. The average Bonchev–Trinajstić information content (AvgIpc) is 2.35. The van der Waals surface area contributed by atoms with Crippen LogP contribution in [-0.4, -0.2) is 45.8 Å². The van der Waals surface area contributed by atoms with E-state index in [-0.39, 0.29) is 16.5 Å². The standard InChI is InChI=1S/C12H20N4O3S/c1-9(17)14-7-8-15-10-5-4-6-11(12(10)13)20(18,19)16(2)3/h4-6,15H,7-8,13H2,1-3H3,(H,14,17). The molecule has 0 spiro atoms. The molecule has 0 saturated carbocycles. The first-order chi connectivity index (χ1) is 9.26. The van der Waals surface area contributed by atoms with Gasteiger partial charge >= 0.3 is 0 Å². The number of benzene rings is 1. The second-order valence-electron chi connectivity index (χ2n) is 4.41. The van der Waals surface area contributed by atoms with Crippen LogP contribution in [0.1, 0.15) is 6.92 Å². The zero-order valence-corrected chi connectivity index (χ0v) is 12.6. The second-order valence-corrected chi connectivity index (χ2v) is 6.53. The lowest BCUT2D eigenvalue weighted by Crippen LogP contribution is -2.27. The smallest absolute Gasteiger partial charge is 0.244 e. The molecule has 0 radical (unpaired) electrons. The lowest BCUT2D eigenvalue weighted by molar-refractivity contribution is -0.118. The summed E-state index contributed by atoms with van der Waals surface area (Å²) in [6.07, 6.45) is 0. The van der Waals surface area contributed by atoms with Crippen LogP contribution in [0, 0.1) is 0 Å². The van der Waals surface area contributed by atoms with Crippen molar-refractivity contribution in [3.63, 3.8) is 0 Å². The number of rotatable bonds is 6. The van der Waals surface area contributed by atoms with Crippen LogP contribution in [0.2, 0.25) is 0 Å². The van der Waals surface area contributed by atoms with Crippen molar-refractivity contribution >= 4 is 27.3 Å². The Balaban J connectivity index is 2.88. The van der Waals surface area contributed by atoms with E-state index in [0.29, 0.717) is 18.8 Å². The number of anilines is 2. The van der Waals surface area contributed by atoms with Gasteiger partial charge in [-0.05, 0) is 12.1 Å². The van der Waals surface area contributed by atoms with E-state index in [2.05, 4.69) is 10.6 Å². The first-order valence-electron chi connectivity index (χ1n) is 6.06. The van der Waals surface area contributed by atoms with Gasteiger partial charge in [-0.2, -0.15) is 0 Å². The molecule has 0 atom stereocenters. The SMILES string of the molecule is CC(=O)NCCNc1cccc(S(=O)(=O)N(C)C)c1N. The zero-order chi connectivity index (χ0) is 15.3. The maximum Gasteiger partial charge on any atom is 0.244 e. The molecule has 0 bridgehead atoms. The minimum atomic E-state index is -3.58. The van der Waals surface area contributed by atoms with Gasteiger partial charge in [0, 0.05) is 34.1 Å². The highest BCUT2D eigenvalue weighted by Crippen LogP contribution is 2.27. The molecule has 4 N–H and O–H groups in total. The lowest BCUT2D eigenvalue weighted by Gasteiger charge is -2.16. The maximum atomic E-state index is 12.1. The van der Waals surface area contributed by atoms with E-state index in [9.17, 15) is 13.2 Å². The highest BCUT2D eigenvalue weighted by Gasteiger charge is 2.21. The molecule has 0 aliphatic rings. The summed E-state index contributed by atoms with van der Waals surface area (Å²) >= 11 is 0. The van der Waals surface area contributed by atoms with E-state index < -0.39 is 10.0 Å². The predicted molar refractivity (Wildman–Crippen MR) is 78.9 cm³/mol. The van der Waals surface area contributed by atoms with Gasteiger partial charge in [0.15, 0.2) is 0 Å². The molecule has 8 heteroatoms. The number of nitrogens with one attached hydrogen (secondary N) is 2. The van der Waals surface area contributed by atoms with Gasteiger partial charge in [0.25, 0.3) is 0 Å². The van der Waals surface area contributed by atoms with Gasteiger partial charge < -0.3 is 16.4 Å². The van der Waals surface area contributed by atoms with Crippen molar-refractivity contribution in [3.05, 3.63) is 18.2 Å². The van der Waals surface area contributed by atoms with E-state index >= 15 is 0 Å². The fourth-order valence-corrected chi connectivity index (χ4v) is 2.59. The highest BCUT2D eigenvalue weighted by molar-refractivity contribution is 7.89. The molecule has 7 nitrogen and oxygen atoms in total. The number of amides is 1. The normalized spacial score (nSPS) is 11.4. The monoisotopic (exact) mass is 300 g/mol. The zero-order valence-electron chi connectivity index (χ0n) is 11.8. The summed E-state index contributed by atoms with van der Waals surface area (Å²) in [6.45, 7) is 2.31. The molecule has 0 aliphatic heterocycles. The number of para-hydroxylation sites is 1. The molecule has 1 amide bonds. The largest absolute Gasteiger partial charge is 0.396 e. The number of sulfonamides is 1. The Morgan fingerprint density at radius 2 is 1.95 bits per heavy atom. The van der Waals surface area contributed by atoms with Gasteiger partial charge in [-0.25, -0.2) is 12.7 Å². The molecule has 1 aromatic rings. The summed E-state index contributed by atoms with van der Waals surface area (Å²) in [5.74, 6) is -0.122. The van der Waals surface area contributed by atoms with Crippen LogP contribution in [0.25, 0.3) is 0 Å². The van der Waals surface area contributed by atoms with E-state index in [4.69, 9.17) is 5.73 Å². The average molecular weight is 300 g/mol. The summed E-state index contributed by atoms with van der Waals surface area (Å²) in [5.41, 5.74) is 6.59. The number of nitrogens with two attached hydrogens (primary N) is 1. The van der Waals surface area contributed by atoms with E-state index in [1.807, 2.05) is 0 Å². The third-order valence-corrected chi connectivity index (χ3v) is 4.51. The van der Waals surface area contributed by atoms with Crippen LogP contribution in [-0.2, 0) is 14.8 Å². The molecule has 1 aromatic carbocycles. The Kier molecular flexibility index (Phi) is 5.34. The summed E-state index contributed by atoms with van der Waals surface area (Å²) in [4.78, 5) is 10.8. The van der Waals surface area contributed by atoms with Crippen molar-refractivity contribution in [2.45, 2.75) is 11.8 Å². The Morgan fingerprint density at radius 3 is 2.50 bits per heavy atom. The first kappa shape index (κ1) is 16.3. The molecule has 20 heavy (non-hydrogen) atoms. The van der Waals surface area contributed by atoms with Gasteiger partial charge in [0.1, 0.15) is 4.90 Å². The number of hydrogen-bond acceptors (Lipinski definition) is 5. The molecule has 0 aromatic heterocycles. The third-order valence-electron chi connectivity index (χ3n) is 2.64. The summed E-state index contributed by atoms with van der Waals surface area (Å²) in [5, 5.41) is 5.63. The minimum Gasteiger partial charge on any atom is -0.396 e. The number of carbonyl (C=O) groups excluding carboxylic acids is 1. The molecule has 1 rings (SSSR count). The Bertz CT molecular complexity index is 584. The fraction of sp³-hybridized carbons (Fsp3) is 0.417. The van der Waals surface area contributed by atoms with E-state index in [0.717, 1.165) is 4.31 Å². The highest BCUT2D eigenvalue weighted by atomic mass is 32.2. The summed E-state index contributed by atoms with van der Waals surface area (Å²) in [6, 6.07) is 4.77. The van der Waals surface area contributed by atoms with Crippen LogP contribution >= 0.6 is 0 Å². The van der Waals surface area contributed by atoms with Crippen LogP contribution in [0.4, 0.5) is 11.4 Å². The molecule has 0 fully saturated rings. The third kappa shape index (κ3) is 3.84. The van der Waals surface area contributed by atoms with Gasteiger partial charge in [0.05, 0.1) is 11.4 Å². The number of hydrogen-bond donors (Lipinski definition) is 3. The predicted octanol–water partition coefficient (Wildman–Crippen LogP) is 0.0671. The topological polar surface area (TPSA) is 105 Å². The van der Waals surface area contributed by atoms with Gasteiger partial charge in [-0.3, -0.25) is 4.79 Å². The molecule has 0 unspecified atom stereocenters. The molecular weight excluding hydrogens is 280 g/mol. The van der Waals surface area contributed by atoms with Gasteiger partial charge in [-0.15, -0.1) is 0 Å². The van der Waals surface area contributed by atoms with Crippen LogP contribution < -0.4 is 16.4 Å². The summed E-state index contributed by atoms with van der Waals surface area (Å²) < 4.78 is 25.3. The molecular formula is C12H20N4O3S. The fourth-order valence-electron chi connectivity index (χ4n) is 1.56. The van der Waals surface area contributed by atoms with Crippen LogP contribution in [0.5, 0.6) is 0 Å². The molecule has 0 saturated heterocycles. The van der Waals surface area contributed by atoms with Crippen LogP contribution in [0.15, 0.2) is 23.1 Å². The Morgan fingerprint density at radius 1 is 1.30 bits per heavy atom. The summed E-state index contributed by atoms with van der Waals surface area (Å²) in [7, 11) is -0.675. The quantitative estimate of drug-likeness (QED) is 0.509. The van der Waals surface area contributed by atoms with Gasteiger partial charge in [0.2, 0.25) is 15.9 Å². The number of nitrogen functional groups attached to an aromatic ring is 1. The van der Waals surface area contributed by atoms with Crippen LogP contribution in [0.3, 0.4) is 0 Å². The van der Waals surface area contributed by atoms with Crippen molar-refractivity contribution in [1.82, 2.24) is 9.62 Å². The Hall–Kier alpha value is -1.80. The second kappa shape index (κ2) is 6.58. The van der Waals surface area contributed by atoms with Crippen molar-refractivity contribution in [3.8, 4) is 0 Å². The number of carbonyl (C=O) groups is 1. The molecule has 112 valence electrons. The molecule has 0 aliphatic carbocycles. The van der Waals surface area contributed by atoms with E-state index in [1.54, 1.807) is 12.1 Å². The van der Waals surface area contributed by atoms with Crippen molar-refractivity contribution in [2.24, 2.45) is 0 Å². The van der Waals surface area contributed by atoms with Crippen molar-refractivity contribution < 1.29 is 13.2 Å². The van der Waals surface area contributed by atoms with Crippen molar-refractivity contribution in [1.29, 1.82) is 0 Å². The minimum absolute atomic E-state index is 0.0621. The van der Waals surface area contributed by atoms with Gasteiger partial charge in [-0.1, -0.05) is 6.07 Å².